The van der Waals surface area contributed by atoms with Crippen LogP contribution in [0.25, 0.3) is 0 Å². The van der Waals surface area contributed by atoms with Crippen LogP contribution in [0.1, 0.15) is 44.7 Å². The minimum atomic E-state index is -0.139. The summed E-state index contributed by atoms with van der Waals surface area (Å²) < 4.78 is 13.0. The average molecular weight is 263 g/mol. The Hall–Kier alpha value is -0.890. The van der Waals surface area contributed by atoms with Gasteiger partial charge >= 0.3 is 0 Å². The summed E-state index contributed by atoms with van der Waals surface area (Å²) in [7, 11) is 0. The van der Waals surface area contributed by atoms with E-state index in [4.69, 9.17) is 0 Å². The van der Waals surface area contributed by atoms with Gasteiger partial charge in [0.15, 0.2) is 0 Å². The SMILES string of the molecule is Cc1cc(F)ccc1CCNC1CC(C)(C)CC1C. The average Bonchev–Trinajstić information content (AvgIpc) is 2.55. The van der Waals surface area contributed by atoms with Gasteiger partial charge in [-0.3, -0.25) is 0 Å². The van der Waals surface area contributed by atoms with Crippen molar-refractivity contribution in [3.05, 3.63) is 35.1 Å². The van der Waals surface area contributed by atoms with Crippen molar-refractivity contribution in [3.8, 4) is 0 Å². The molecule has 0 bridgehead atoms. The molecule has 1 saturated carbocycles. The Kier molecular flexibility index (Phi) is 4.29. The molecule has 19 heavy (non-hydrogen) atoms. The topological polar surface area (TPSA) is 12.0 Å². The highest BCUT2D eigenvalue weighted by atomic mass is 19.1. The Bertz CT molecular complexity index is 439. The van der Waals surface area contributed by atoms with Crippen LogP contribution in [-0.4, -0.2) is 12.6 Å². The summed E-state index contributed by atoms with van der Waals surface area (Å²) in [5, 5.41) is 3.68. The second kappa shape index (κ2) is 5.62. The first-order valence-electron chi connectivity index (χ1n) is 7.36. The Morgan fingerprint density at radius 3 is 2.63 bits per heavy atom. The van der Waals surface area contributed by atoms with E-state index in [9.17, 15) is 4.39 Å². The minimum absolute atomic E-state index is 0.139. The van der Waals surface area contributed by atoms with Crippen LogP contribution < -0.4 is 5.32 Å². The molecule has 2 heteroatoms. The predicted molar refractivity (Wildman–Crippen MR) is 78.8 cm³/mol. The van der Waals surface area contributed by atoms with E-state index in [1.807, 2.05) is 13.0 Å². The summed E-state index contributed by atoms with van der Waals surface area (Å²) in [5.74, 6) is 0.615. The zero-order valence-corrected chi connectivity index (χ0v) is 12.6. The largest absolute Gasteiger partial charge is 0.313 e. The molecule has 1 aromatic rings. The van der Waals surface area contributed by atoms with Gasteiger partial charge in [0, 0.05) is 6.04 Å². The second-order valence-corrected chi connectivity index (χ2v) is 6.93. The third kappa shape index (κ3) is 3.79. The summed E-state index contributed by atoms with van der Waals surface area (Å²) >= 11 is 0. The van der Waals surface area contributed by atoms with Gasteiger partial charge in [-0.05, 0) is 67.3 Å². The van der Waals surface area contributed by atoms with Crippen LogP contribution in [0, 0.1) is 24.1 Å². The number of nitrogens with one attached hydrogen (secondary N) is 1. The normalized spacial score (nSPS) is 25.7. The molecular weight excluding hydrogens is 237 g/mol. The van der Waals surface area contributed by atoms with Crippen LogP contribution in [0.5, 0.6) is 0 Å². The molecule has 0 radical (unpaired) electrons. The number of halogens is 1. The van der Waals surface area contributed by atoms with Crippen molar-refractivity contribution in [1.82, 2.24) is 5.32 Å². The number of hydrogen-bond acceptors (Lipinski definition) is 1. The maximum atomic E-state index is 13.0. The fourth-order valence-electron chi connectivity index (χ4n) is 3.50. The van der Waals surface area contributed by atoms with Gasteiger partial charge in [0.2, 0.25) is 0 Å². The Balaban J connectivity index is 1.84. The Morgan fingerprint density at radius 2 is 2.05 bits per heavy atom. The standard InChI is InChI=1S/C17H26FN/c1-12-9-15(18)6-5-14(12)7-8-19-16-11-17(3,4)10-13(16)2/h5-6,9,13,16,19H,7-8,10-11H2,1-4H3. The molecule has 1 aliphatic carbocycles. The third-order valence-corrected chi connectivity index (χ3v) is 4.44. The van der Waals surface area contributed by atoms with Gasteiger partial charge in [-0.1, -0.05) is 26.8 Å². The zero-order valence-electron chi connectivity index (χ0n) is 12.6. The summed E-state index contributed by atoms with van der Waals surface area (Å²) in [6.07, 6.45) is 3.55. The fraction of sp³-hybridized carbons (Fsp3) is 0.647. The van der Waals surface area contributed by atoms with Gasteiger partial charge in [-0.2, -0.15) is 0 Å². The lowest BCUT2D eigenvalue weighted by Crippen LogP contribution is -2.33. The van der Waals surface area contributed by atoms with Crippen molar-refractivity contribution in [2.45, 2.75) is 53.0 Å². The van der Waals surface area contributed by atoms with Gasteiger partial charge in [0.25, 0.3) is 0 Å². The Labute approximate surface area is 116 Å². The quantitative estimate of drug-likeness (QED) is 0.862. The zero-order chi connectivity index (χ0) is 14.0. The highest BCUT2D eigenvalue weighted by Crippen LogP contribution is 2.40. The number of benzene rings is 1. The molecule has 1 aliphatic rings. The highest BCUT2D eigenvalue weighted by Gasteiger charge is 2.35. The van der Waals surface area contributed by atoms with Crippen LogP contribution in [0.15, 0.2) is 18.2 Å². The second-order valence-electron chi connectivity index (χ2n) is 6.93. The molecule has 0 saturated heterocycles. The van der Waals surface area contributed by atoms with E-state index in [0.717, 1.165) is 24.4 Å². The predicted octanol–water partition coefficient (Wildman–Crippen LogP) is 4.09. The van der Waals surface area contributed by atoms with Gasteiger partial charge < -0.3 is 5.32 Å². The van der Waals surface area contributed by atoms with E-state index in [1.165, 1.54) is 18.4 Å². The summed E-state index contributed by atoms with van der Waals surface area (Å²) in [6, 6.07) is 5.73. The first-order chi connectivity index (χ1) is 8.87. The molecule has 0 aromatic heterocycles. The van der Waals surface area contributed by atoms with Crippen LogP contribution in [0.2, 0.25) is 0 Å². The van der Waals surface area contributed by atoms with E-state index >= 15 is 0 Å². The van der Waals surface area contributed by atoms with Gasteiger partial charge in [-0.25, -0.2) is 4.39 Å². The minimum Gasteiger partial charge on any atom is -0.313 e. The van der Waals surface area contributed by atoms with Crippen LogP contribution in [0.4, 0.5) is 4.39 Å². The van der Waals surface area contributed by atoms with Crippen molar-refractivity contribution in [1.29, 1.82) is 0 Å². The van der Waals surface area contributed by atoms with Crippen molar-refractivity contribution < 1.29 is 4.39 Å². The molecule has 1 N–H and O–H groups in total. The van der Waals surface area contributed by atoms with Crippen molar-refractivity contribution in [2.24, 2.45) is 11.3 Å². The summed E-state index contributed by atoms with van der Waals surface area (Å²) in [5.41, 5.74) is 2.78. The van der Waals surface area contributed by atoms with Gasteiger partial charge in [0.05, 0.1) is 0 Å². The molecule has 1 nitrogen and oxygen atoms in total. The molecule has 0 spiro atoms. The Morgan fingerprint density at radius 1 is 1.32 bits per heavy atom. The monoisotopic (exact) mass is 263 g/mol. The molecule has 2 unspecified atom stereocenters. The van der Waals surface area contributed by atoms with Crippen LogP contribution >= 0.6 is 0 Å². The molecular formula is C17H26FN. The van der Waals surface area contributed by atoms with Crippen molar-refractivity contribution in [2.75, 3.05) is 6.54 Å². The first-order valence-corrected chi connectivity index (χ1v) is 7.36. The van der Waals surface area contributed by atoms with E-state index in [1.54, 1.807) is 12.1 Å². The van der Waals surface area contributed by atoms with Crippen LogP contribution in [0.3, 0.4) is 0 Å². The summed E-state index contributed by atoms with van der Waals surface area (Å²) in [4.78, 5) is 0. The lowest BCUT2D eigenvalue weighted by atomic mass is 9.91. The lowest BCUT2D eigenvalue weighted by molar-refractivity contribution is 0.362. The van der Waals surface area contributed by atoms with Crippen molar-refractivity contribution >= 4 is 0 Å². The van der Waals surface area contributed by atoms with E-state index < -0.39 is 0 Å². The number of rotatable bonds is 4. The van der Waals surface area contributed by atoms with E-state index in [-0.39, 0.29) is 5.82 Å². The molecule has 0 aliphatic heterocycles. The number of aryl methyl sites for hydroxylation is 1. The molecule has 0 heterocycles. The lowest BCUT2D eigenvalue weighted by Gasteiger charge is -2.19. The van der Waals surface area contributed by atoms with Crippen LogP contribution in [-0.2, 0) is 6.42 Å². The van der Waals surface area contributed by atoms with E-state index in [0.29, 0.717) is 11.5 Å². The molecule has 106 valence electrons. The molecule has 1 aromatic carbocycles. The molecule has 2 rings (SSSR count). The highest BCUT2D eigenvalue weighted by molar-refractivity contribution is 5.26. The maximum absolute atomic E-state index is 13.0. The maximum Gasteiger partial charge on any atom is 0.123 e. The fourth-order valence-corrected chi connectivity index (χ4v) is 3.50. The van der Waals surface area contributed by atoms with Gasteiger partial charge in [0.1, 0.15) is 5.82 Å². The molecule has 1 fully saturated rings. The first kappa shape index (κ1) is 14.5. The molecule has 0 amide bonds. The van der Waals surface area contributed by atoms with Crippen molar-refractivity contribution in [3.63, 3.8) is 0 Å². The van der Waals surface area contributed by atoms with Gasteiger partial charge in [-0.15, -0.1) is 0 Å². The summed E-state index contributed by atoms with van der Waals surface area (Å²) in [6.45, 7) is 10.0. The smallest absolute Gasteiger partial charge is 0.123 e. The molecule has 2 atom stereocenters. The van der Waals surface area contributed by atoms with E-state index in [2.05, 4.69) is 26.1 Å². The third-order valence-electron chi connectivity index (χ3n) is 4.44. The number of hydrogen-bond donors (Lipinski definition) is 1.